The van der Waals surface area contributed by atoms with Gasteiger partial charge in [0.15, 0.2) is 0 Å². The van der Waals surface area contributed by atoms with Crippen LogP contribution in [0.1, 0.15) is 22.3 Å². The number of hydrogen-bond acceptors (Lipinski definition) is 3. The van der Waals surface area contributed by atoms with Gasteiger partial charge in [-0.05, 0) is 34.7 Å². The first kappa shape index (κ1) is 22.8. The van der Waals surface area contributed by atoms with Crippen molar-refractivity contribution in [3.8, 4) is 0 Å². The number of nitrogens with zero attached hydrogens (tertiary/aromatic N) is 1. The van der Waals surface area contributed by atoms with E-state index < -0.39 is 11.5 Å². The lowest BCUT2D eigenvalue weighted by atomic mass is 9.69. The van der Waals surface area contributed by atoms with E-state index in [9.17, 15) is 9.59 Å². The summed E-state index contributed by atoms with van der Waals surface area (Å²) in [7, 11) is 3.16. The fourth-order valence-electron chi connectivity index (χ4n) is 5.32. The first-order chi connectivity index (χ1) is 17.1. The number of rotatable bonds is 4. The van der Waals surface area contributed by atoms with E-state index >= 15 is 0 Å². The smallest absolute Gasteiger partial charge is 0.257 e. The van der Waals surface area contributed by atoms with Crippen LogP contribution in [0.15, 0.2) is 103 Å². The molecule has 176 valence electrons. The molecule has 3 aromatic carbocycles. The fourth-order valence-corrected chi connectivity index (χ4v) is 5.32. The van der Waals surface area contributed by atoms with E-state index in [1.807, 2.05) is 71.6 Å². The molecule has 0 radical (unpaired) electrons. The van der Waals surface area contributed by atoms with Crippen molar-refractivity contribution in [3.63, 3.8) is 0 Å². The number of ether oxygens (including phenoxy) is 1. The van der Waals surface area contributed by atoms with Gasteiger partial charge in [0.2, 0.25) is 5.91 Å². The van der Waals surface area contributed by atoms with Crippen LogP contribution in [0.2, 0.25) is 0 Å². The van der Waals surface area contributed by atoms with Gasteiger partial charge in [-0.1, -0.05) is 91.0 Å². The minimum atomic E-state index is -1.17. The highest BCUT2D eigenvalue weighted by atomic mass is 16.5. The SMILES string of the molecule is CNC(=O)C1(c2ccccc2)C=CC=C(C(=O)N2Cc3ccccc3Cc3ccccc32)C1OC. The Balaban J connectivity index is 1.62. The Bertz CT molecular complexity index is 1330. The number of anilines is 1. The van der Waals surface area contributed by atoms with E-state index in [0.29, 0.717) is 12.1 Å². The number of para-hydroxylation sites is 1. The number of allylic oxidation sites excluding steroid dienone is 2. The quantitative estimate of drug-likeness (QED) is 0.626. The Morgan fingerprint density at radius 2 is 1.57 bits per heavy atom. The summed E-state index contributed by atoms with van der Waals surface area (Å²) >= 11 is 0. The van der Waals surface area contributed by atoms with Gasteiger partial charge in [-0.2, -0.15) is 0 Å². The molecule has 5 heteroatoms. The molecular formula is C30H28N2O3. The van der Waals surface area contributed by atoms with Crippen molar-refractivity contribution in [2.24, 2.45) is 0 Å². The van der Waals surface area contributed by atoms with E-state index in [-0.39, 0.29) is 11.8 Å². The summed E-state index contributed by atoms with van der Waals surface area (Å²) in [5.74, 6) is -0.402. The van der Waals surface area contributed by atoms with E-state index in [1.165, 1.54) is 5.56 Å². The first-order valence-corrected chi connectivity index (χ1v) is 11.8. The van der Waals surface area contributed by atoms with Crippen LogP contribution in [-0.4, -0.2) is 32.1 Å². The lowest BCUT2D eigenvalue weighted by molar-refractivity contribution is -0.129. The molecule has 3 aromatic rings. The van der Waals surface area contributed by atoms with Crippen molar-refractivity contribution in [1.29, 1.82) is 0 Å². The number of carbonyl (C=O) groups is 2. The van der Waals surface area contributed by atoms with Crippen LogP contribution < -0.4 is 10.2 Å². The predicted octanol–water partition coefficient (Wildman–Crippen LogP) is 4.32. The highest BCUT2D eigenvalue weighted by Gasteiger charge is 2.50. The second-order valence-electron chi connectivity index (χ2n) is 8.88. The Morgan fingerprint density at radius 3 is 2.29 bits per heavy atom. The summed E-state index contributed by atoms with van der Waals surface area (Å²) in [6, 6.07) is 25.7. The number of carbonyl (C=O) groups excluding carboxylic acids is 2. The molecular weight excluding hydrogens is 436 g/mol. The Morgan fingerprint density at radius 1 is 0.914 bits per heavy atom. The van der Waals surface area contributed by atoms with Gasteiger partial charge in [0.25, 0.3) is 5.91 Å². The maximum atomic E-state index is 14.3. The molecule has 2 amide bonds. The predicted molar refractivity (Wildman–Crippen MR) is 137 cm³/mol. The number of amides is 2. The Labute approximate surface area is 205 Å². The van der Waals surface area contributed by atoms with Crippen molar-refractivity contribution in [3.05, 3.63) is 125 Å². The molecule has 0 saturated carbocycles. The summed E-state index contributed by atoms with van der Waals surface area (Å²) in [5, 5.41) is 2.79. The molecule has 5 rings (SSSR count). The summed E-state index contributed by atoms with van der Waals surface area (Å²) in [6.07, 6.45) is 5.36. The number of fused-ring (bicyclic) bond motifs is 2. The molecule has 5 nitrogen and oxygen atoms in total. The van der Waals surface area contributed by atoms with Crippen molar-refractivity contribution in [2.75, 3.05) is 19.1 Å². The lowest BCUT2D eigenvalue weighted by Crippen LogP contribution is -2.54. The highest BCUT2D eigenvalue weighted by Crippen LogP contribution is 2.40. The number of methoxy groups -OCH3 is 1. The first-order valence-electron chi connectivity index (χ1n) is 11.8. The third-order valence-electron chi connectivity index (χ3n) is 7.02. The molecule has 0 fully saturated rings. The summed E-state index contributed by atoms with van der Waals surface area (Å²) in [4.78, 5) is 29.5. The zero-order chi connectivity index (χ0) is 24.4. The topological polar surface area (TPSA) is 58.6 Å². The van der Waals surface area contributed by atoms with Gasteiger partial charge in [-0.25, -0.2) is 0 Å². The van der Waals surface area contributed by atoms with Gasteiger partial charge < -0.3 is 15.0 Å². The molecule has 2 aliphatic rings. The average molecular weight is 465 g/mol. The minimum absolute atomic E-state index is 0.172. The minimum Gasteiger partial charge on any atom is -0.375 e. The van der Waals surface area contributed by atoms with Gasteiger partial charge in [-0.3, -0.25) is 9.59 Å². The molecule has 0 saturated heterocycles. The van der Waals surface area contributed by atoms with Crippen LogP contribution in [-0.2, 0) is 32.7 Å². The molecule has 1 heterocycles. The van der Waals surface area contributed by atoms with Crippen LogP contribution >= 0.6 is 0 Å². The van der Waals surface area contributed by atoms with Crippen molar-refractivity contribution >= 4 is 17.5 Å². The van der Waals surface area contributed by atoms with E-state index in [2.05, 4.69) is 23.5 Å². The van der Waals surface area contributed by atoms with Crippen LogP contribution in [0.4, 0.5) is 5.69 Å². The lowest BCUT2D eigenvalue weighted by Gasteiger charge is -2.40. The van der Waals surface area contributed by atoms with Crippen LogP contribution in [0.5, 0.6) is 0 Å². The third kappa shape index (κ3) is 3.78. The van der Waals surface area contributed by atoms with Crippen molar-refractivity contribution in [2.45, 2.75) is 24.5 Å². The molecule has 2 unspecified atom stereocenters. The molecule has 0 spiro atoms. The maximum absolute atomic E-state index is 14.3. The van der Waals surface area contributed by atoms with Gasteiger partial charge in [-0.15, -0.1) is 0 Å². The number of hydrogen-bond donors (Lipinski definition) is 1. The van der Waals surface area contributed by atoms with Crippen LogP contribution in [0, 0.1) is 0 Å². The zero-order valence-corrected chi connectivity index (χ0v) is 19.9. The van der Waals surface area contributed by atoms with Crippen molar-refractivity contribution in [1.82, 2.24) is 5.32 Å². The molecule has 0 aromatic heterocycles. The molecule has 1 N–H and O–H groups in total. The third-order valence-corrected chi connectivity index (χ3v) is 7.02. The van der Waals surface area contributed by atoms with Gasteiger partial charge >= 0.3 is 0 Å². The Kier molecular flexibility index (Phi) is 6.10. The van der Waals surface area contributed by atoms with E-state index in [0.717, 1.165) is 28.8 Å². The molecule has 2 atom stereocenters. The second kappa shape index (κ2) is 9.35. The van der Waals surface area contributed by atoms with Crippen LogP contribution in [0.3, 0.4) is 0 Å². The second-order valence-corrected chi connectivity index (χ2v) is 8.88. The van der Waals surface area contributed by atoms with Gasteiger partial charge in [0.05, 0.1) is 6.54 Å². The standard InChI is InChI=1S/C30H28N2O3/c1-31-29(34)30(24-14-4-3-5-15-24)18-10-16-25(27(30)35-2)28(33)32-20-23-13-7-6-11-21(23)19-22-12-8-9-17-26(22)32/h3-18,27H,19-20H2,1-2H3,(H,31,34). The number of benzene rings is 3. The molecule has 1 aliphatic carbocycles. The monoisotopic (exact) mass is 464 g/mol. The van der Waals surface area contributed by atoms with E-state index in [4.69, 9.17) is 4.74 Å². The van der Waals surface area contributed by atoms with Gasteiger partial charge in [0.1, 0.15) is 11.5 Å². The largest absolute Gasteiger partial charge is 0.375 e. The summed E-state index contributed by atoms with van der Waals surface area (Å²) in [6.45, 7) is 0.446. The zero-order valence-electron chi connectivity index (χ0n) is 19.9. The van der Waals surface area contributed by atoms with E-state index in [1.54, 1.807) is 26.3 Å². The Hall–Kier alpha value is -3.96. The fraction of sp³-hybridized carbons (Fsp3) is 0.200. The maximum Gasteiger partial charge on any atom is 0.257 e. The molecule has 35 heavy (non-hydrogen) atoms. The normalized spacial score (nSPS) is 20.8. The average Bonchev–Trinajstić information content (AvgIpc) is 3.09. The highest BCUT2D eigenvalue weighted by molar-refractivity contribution is 6.09. The molecule has 0 bridgehead atoms. The number of likely N-dealkylation sites (N-methyl/N-ethyl adjacent to an activating group) is 1. The molecule has 1 aliphatic heterocycles. The van der Waals surface area contributed by atoms with Gasteiger partial charge in [0, 0.05) is 25.4 Å². The van der Waals surface area contributed by atoms with Crippen molar-refractivity contribution < 1.29 is 14.3 Å². The summed E-state index contributed by atoms with van der Waals surface area (Å²) < 4.78 is 5.97. The summed E-state index contributed by atoms with van der Waals surface area (Å²) in [5.41, 5.74) is 4.32. The number of nitrogens with one attached hydrogen (secondary N) is 1. The van der Waals surface area contributed by atoms with Crippen LogP contribution in [0.25, 0.3) is 0 Å².